The van der Waals surface area contributed by atoms with Gasteiger partial charge in [0.25, 0.3) is 5.91 Å². The zero-order valence-electron chi connectivity index (χ0n) is 17.6. The lowest BCUT2D eigenvalue weighted by Gasteiger charge is -2.09. The van der Waals surface area contributed by atoms with Crippen molar-refractivity contribution >= 4 is 17.2 Å². The molecule has 0 saturated heterocycles. The molecule has 5 rings (SSSR count). The topological polar surface area (TPSA) is 85.1 Å². The number of fused-ring (bicyclic) bond motifs is 1. The minimum atomic E-state index is -0.145. The van der Waals surface area contributed by atoms with Crippen LogP contribution < -0.4 is 5.32 Å². The van der Waals surface area contributed by atoms with Gasteiger partial charge >= 0.3 is 0 Å². The van der Waals surface area contributed by atoms with Crippen molar-refractivity contribution in [3.63, 3.8) is 0 Å². The second-order valence-corrected chi connectivity index (χ2v) is 7.64. The summed E-state index contributed by atoms with van der Waals surface area (Å²) in [7, 11) is 0. The fourth-order valence-electron chi connectivity index (χ4n) is 3.66. The lowest BCUT2D eigenvalue weighted by molar-refractivity contribution is 0.102. The maximum atomic E-state index is 12.8. The molecule has 1 amide bonds. The molecule has 0 aliphatic rings. The Labute approximate surface area is 184 Å². The first-order chi connectivity index (χ1) is 15.6. The second kappa shape index (κ2) is 8.03. The largest absolute Gasteiger partial charge is 0.322 e. The van der Waals surface area contributed by atoms with Crippen LogP contribution in [-0.4, -0.2) is 30.7 Å². The van der Waals surface area contributed by atoms with Gasteiger partial charge in [0, 0.05) is 23.0 Å². The Morgan fingerprint density at radius 3 is 2.47 bits per heavy atom. The van der Waals surface area contributed by atoms with E-state index in [1.165, 1.54) is 0 Å². The van der Waals surface area contributed by atoms with Crippen LogP contribution >= 0.6 is 0 Å². The molecule has 0 aliphatic carbocycles. The van der Waals surface area contributed by atoms with Crippen LogP contribution in [0.15, 0.2) is 79.0 Å². The lowest BCUT2D eigenvalue weighted by Crippen LogP contribution is -2.12. The fourth-order valence-corrected chi connectivity index (χ4v) is 3.66. The third kappa shape index (κ3) is 3.83. The van der Waals surface area contributed by atoms with Gasteiger partial charge in [-0.25, -0.2) is 0 Å². The first-order valence-electron chi connectivity index (χ1n) is 10.2. The smallest absolute Gasteiger partial charge is 0.255 e. The zero-order chi connectivity index (χ0) is 22.1. The third-order valence-corrected chi connectivity index (χ3v) is 5.06. The molecule has 0 atom stereocenters. The molecule has 2 aromatic carbocycles. The predicted octanol–water partition coefficient (Wildman–Crippen LogP) is 4.72. The normalized spacial score (nSPS) is 10.9. The maximum Gasteiger partial charge on any atom is 0.255 e. The van der Waals surface area contributed by atoms with Crippen LogP contribution in [0.3, 0.4) is 0 Å². The highest BCUT2D eigenvalue weighted by Gasteiger charge is 2.12. The molecule has 0 aliphatic heterocycles. The summed E-state index contributed by atoms with van der Waals surface area (Å²) in [5, 5.41) is 16.1. The summed E-state index contributed by atoms with van der Waals surface area (Å²) in [6.07, 6.45) is 1.71. The minimum Gasteiger partial charge on any atom is -0.322 e. The molecule has 32 heavy (non-hydrogen) atoms. The number of pyridine rings is 1. The van der Waals surface area contributed by atoms with Gasteiger partial charge in [0.2, 0.25) is 5.82 Å². The van der Waals surface area contributed by atoms with Crippen molar-refractivity contribution in [3.8, 4) is 22.8 Å². The number of carbonyl (C=O) groups excluding carboxylic acids is 1. The number of hydrogen-bond acceptors (Lipinski definition) is 5. The Morgan fingerprint density at radius 1 is 0.844 bits per heavy atom. The van der Waals surface area contributed by atoms with Gasteiger partial charge in [-0.1, -0.05) is 35.4 Å². The first-order valence-corrected chi connectivity index (χ1v) is 10.2. The van der Waals surface area contributed by atoms with E-state index in [9.17, 15) is 4.79 Å². The molecule has 0 spiro atoms. The molecule has 0 radical (unpaired) electrons. The van der Waals surface area contributed by atoms with Crippen LogP contribution in [0.2, 0.25) is 0 Å². The van der Waals surface area contributed by atoms with Gasteiger partial charge in [0.1, 0.15) is 5.69 Å². The number of nitrogens with zero attached hydrogens (tertiary/aromatic N) is 5. The summed E-state index contributed by atoms with van der Waals surface area (Å²) in [6, 6.07) is 22.8. The quantitative estimate of drug-likeness (QED) is 0.455. The molecule has 3 aromatic heterocycles. The molecule has 156 valence electrons. The first kappa shape index (κ1) is 19.6. The van der Waals surface area contributed by atoms with Crippen LogP contribution in [0.1, 0.15) is 21.5 Å². The molecular weight excluding hydrogens is 400 g/mol. The molecule has 3 heterocycles. The molecule has 7 heteroatoms. The average Bonchev–Trinajstić information content (AvgIpc) is 3.22. The highest BCUT2D eigenvalue weighted by atomic mass is 16.1. The van der Waals surface area contributed by atoms with Crippen LogP contribution in [0, 0.1) is 13.8 Å². The van der Waals surface area contributed by atoms with Gasteiger partial charge < -0.3 is 5.32 Å². The molecule has 0 saturated carbocycles. The van der Waals surface area contributed by atoms with E-state index in [1.54, 1.807) is 10.7 Å². The van der Waals surface area contributed by atoms with Crippen molar-refractivity contribution < 1.29 is 4.79 Å². The maximum absolute atomic E-state index is 12.8. The number of anilines is 1. The number of carbonyl (C=O) groups is 1. The van der Waals surface area contributed by atoms with E-state index < -0.39 is 0 Å². The standard InChI is InChI=1S/C25H20N6O/c1-16-12-17(2)14-19(13-16)25(32)27-20-7-5-6-18(15-20)21-9-10-23-28-29-24(31(23)30-21)22-8-3-4-11-26-22/h3-15H,1-2H3,(H,27,32). The lowest BCUT2D eigenvalue weighted by atomic mass is 10.1. The van der Waals surface area contributed by atoms with Crippen molar-refractivity contribution in [3.05, 3.63) is 95.7 Å². The number of hydrogen-bond donors (Lipinski definition) is 1. The van der Waals surface area contributed by atoms with Crippen molar-refractivity contribution in [2.45, 2.75) is 13.8 Å². The van der Waals surface area contributed by atoms with Gasteiger partial charge in [0.15, 0.2) is 5.65 Å². The van der Waals surface area contributed by atoms with Crippen molar-refractivity contribution in [1.82, 2.24) is 24.8 Å². The van der Waals surface area contributed by atoms with Gasteiger partial charge in [-0.05, 0) is 62.4 Å². The second-order valence-electron chi connectivity index (χ2n) is 7.64. The van der Waals surface area contributed by atoms with E-state index in [-0.39, 0.29) is 5.91 Å². The summed E-state index contributed by atoms with van der Waals surface area (Å²) in [5.41, 5.74) is 6.37. The van der Waals surface area contributed by atoms with E-state index in [2.05, 4.69) is 20.5 Å². The van der Waals surface area contributed by atoms with Gasteiger partial charge in [-0.3, -0.25) is 9.78 Å². The summed E-state index contributed by atoms with van der Waals surface area (Å²) in [4.78, 5) is 17.1. The van der Waals surface area contributed by atoms with E-state index >= 15 is 0 Å². The van der Waals surface area contributed by atoms with Crippen molar-refractivity contribution in [2.75, 3.05) is 5.32 Å². The summed E-state index contributed by atoms with van der Waals surface area (Å²) >= 11 is 0. The number of benzene rings is 2. The predicted molar refractivity (Wildman–Crippen MR) is 123 cm³/mol. The Hall–Kier alpha value is -4.39. The van der Waals surface area contributed by atoms with Crippen molar-refractivity contribution in [2.24, 2.45) is 0 Å². The van der Waals surface area contributed by atoms with E-state index in [4.69, 9.17) is 5.10 Å². The summed E-state index contributed by atoms with van der Waals surface area (Å²) in [6.45, 7) is 3.97. The van der Waals surface area contributed by atoms with Crippen LogP contribution in [-0.2, 0) is 0 Å². The Kier molecular flexibility index (Phi) is 4.91. The molecule has 0 unspecified atom stereocenters. The highest BCUT2D eigenvalue weighted by molar-refractivity contribution is 6.04. The van der Waals surface area contributed by atoms with Crippen LogP contribution in [0.5, 0.6) is 0 Å². The highest BCUT2D eigenvalue weighted by Crippen LogP contribution is 2.23. The number of nitrogens with one attached hydrogen (secondary N) is 1. The minimum absolute atomic E-state index is 0.145. The van der Waals surface area contributed by atoms with E-state index in [1.807, 2.05) is 86.6 Å². The Morgan fingerprint density at radius 2 is 1.69 bits per heavy atom. The number of amides is 1. The third-order valence-electron chi connectivity index (χ3n) is 5.06. The Bertz CT molecular complexity index is 1420. The van der Waals surface area contributed by atoms with Gasteiger partial charge in [-0.15, -0.1) is 10.2 Å². The number of rotatable bonds is 4. The number of aryl methyl sites for hydroxylation is 2. The van der Waals surface area contributed by atoms with Crippen LogP contribution in [0.4, 0.5) is 5.69 Å². The zero-order valence-corrected chi connectivity index (χ0v) is 17.6. The molecule has 0 fully saturated rings. The van der Waals surface area contributed by atoms with Gasteiger partial charge in [-0.2, -0.15) is 9.61 Å². The molecule has 1 N–H and O–H groups in total. The average molecular weight is 420 g/mol. The van der Waals surface area contributed by atoms with Crippen molar-refractivity contribution in [1.29, 1.82) is 0 Å². The van der Waals surface area contributed by atoms with E-state index in [0.717, 1.165) is 22.4 Å². The molecular formula is C25H20N6O. The SMILES string of the molecule is Cc1cc(C)cc(C(=O)Nc2cccc(-c3ccc4nnc(-c5ccccn5)n4n3)c2)c1. The van der Waals surface area contributed by atoms with E-state index in [0.29, 0.717) is 28.4 Å². The number of aromatic nitrogens is 5. The molecule has 5 aromatic rings. The monoisotopic (exact) mass is 420 g/mol. The summed E-state index contributed by atoms with van der Waals surface area (Å²) in [5.74, 6) is 0.426. The Balaban J connectivity index is 1.47. The van der Waals surface area contributed by atoms with Crippen LogP contribution in [0.25, 0.3) is 28.4 Å². The van der Waals surface area contributed by atoms with Gasteiger partial charge in [0.05, 0.1) is 5.69 Å². The fraction of sp³-hybridized carbons (Fsp3) is 0.0800. The summed E-state index contributed by atoms with van der Waals surface area (Å²) < 4.78 is 1.68. The molecule has 0 bridgehead atoms. The molecule has 7 nitrogen and oxygen atoms in total.